The fourth-order valence-electron chi connectivity index (χ4n) is 1.81. The molecule has 1 amide bonds. The van der Waals surface area contributed by atoms with Crippen LogP contribution in [0.5, 0.6) is 0 Å². The third-order valence-electron chi connectivity index (χ3n) is 3.05. The van der Waals surface area contributed by atoms with Crippen molar-refractivity contribution in [1.82, 2.24) is 4.90 Å². The smallest absolute Gasteiger partial charge is 0.241 e. The van der Waals surface area contributed by atoms with Crippen LogP contribution < -0.4 is 10.6 Å². The van der Waals surface area contributed by atoms with Crippen molar-refractivity contribution in [2.45, 2.75) is 13.8 Å². The molecular formula is C14H21N3OS. The molecular weight excluding hydrogens is 258 g/mol. The fraction of sp³-hybridized carbons (Fsp3) is 0.429. The van der Waals surface area contributed by atoms with Gasteiger partial charge in [-0.15, -0.1) is 0 Å². The van der Waals surface area contributed by atoms with Gasteiger partial charge in [0.1, 0.15) is 4.99 Å². The molecule has 0 spiro atoms. The van der Waals surface area contributed by atoms with Crippen LogP contribution in [0.4, 0.5) is 5.69 Å². The van der Waals surface area contributed by atoms with Crippen molar-refractivity contribution in [3.05, 3.63) is 29.3 Å². The zero-order valence-electron chi connectivity index (χ0n) is 11.9. The average molecular weight is 279 g/mol. The van der Waals surface area contributed by atoms with Crippen LogP contribution in [-0.4, -0.2) is 43.0 Å². The van der Waals surface area contributed by atoms with Crippen LogP contribution in [0.3, 0.4) is 0 Å². The minimum Gasteiger partial charge on any atom is -0.389 e. The topological polar surface area (TPSA) is 49.6 Å². The molecule has 0 aliphatic carbocycles. The van der Waals surface area contributed by atoms with E-state index in [1.165, 1.54) is 0 Å². The number of likely N-dealkylation sites (N-methyl/N-ethyl adjacent to an activating group) is 2. The summed E-state index contributed by atoms with van der Waals surface area (Å²) in [6, 6.07) is 5.88. The van der Waals surface area contributed by atoms with Crippen LogP contribution in [0, 0.1) is 6.92 Å². The highest BCUT2D eigenvalue weighted by Gasteiger charge is 2.12. The summed E-state index contributed by atoms with van der Waals surface area (Å²) in [7, 11) is 3.52. The summed E-state index contributed by atoms with van der Waals surface area (Å²) in [5.41, 5.74) is 8.57. The predicted octanol–water partition coefficient (Wildman–Crippen LogP) is 1.54. The summed E-state index contributed by atoms with van der Waals surface area (Å²) in [4.78, 5) is 15.8. The first kappa shape index (κ1) is 15.4. The molecule has 0 aromatic heterocycles. The number of hydrogen-bond acceptors (Lipinski definition) is 3. The molecule has 0 unspecified atom stereocenters. The van der Waals surface area contributed by atoms with Crippen molar-refractivity contribution >= 4 is 28.8 Å². The molecule has 2 N–H and O–H groups in total. The highest BCUT2D eigenvalue weighted by atomic mass is 32.1. The lowest BCUT2D eigenvalue weighted by atomic mass is 10.1. The predicted molar refractivity (Wildman–Crippen MR) is 83.6 cm³/mol. The van der Waals surface area contributed by atoms with Gasteiger partial charge in [0.2, 0.25) is 5.91 Å². The molecule has 0 heterocycles. The Balaban J connectivity index is 2.97. The maximum atomic E-state index is 11.8. The SMILES string of the molecule is CCN(CC(=O)N(C)C)c1ccc(C(N)=S)c(C)c1. The minimum atomic E-state index is 0.0814. The van der Waals surface area contributed by atoms with Gasteiger partial charge in [0, 0.05) is 31.9 Å². The normalized spacial score (nSPS) is 10.1. The van der Waals surface area contributed by atoms with Crippen LogP contribution in [0.15, 0.2) is 18.2 Å². The second kappa shape index (κ2) is 6.52. The molecule has 0 fully saturated rings. The highest BCUT2D eigenvalue weighted by Crippen LogP contribution is 2.19. The average Bonchev–Trinajstić information content (AvgIpc) is 2.34. The standard InChI is InChI=1S/C14H21N3OS/c1-5-17(9-13(18)16(3)4)11-6-7-12(14(15)19)10(2)8-11/h6-8H,5,9H2,1-4H3,(H2,15,19). The zero-order valence-corrected chi connectivity index (χ0v) is 12.8. The molecule has 1 aromatic carbocycles. The Morgan fingerprint density at radius 1 is 1.37 bits per heavy atom. The van der Waals surface area contributed by atoms with E-state index in [0.29, 0.717) is 11.5 Å². The Morgan fingerprint density at radius 3 is 2.42 bits per heavy atom. The molecule has 5 heteroatoms. The lowest BCUT2D eigenvalue weighted by molar-refractivity contribution is -0.127. The van der Waals surface area contributed by atoms with E-state index in [1.807, 2.05) is 36.9 Å². The number of amides is 1. The van der Waals surface area contributed by atoms with Gasteiger partial charge in [-0.2, -0.15) is 0 Å². The number of benzene rings is 1. The van der Waals surface area contributed by atoms with Crippen LogP contribution in [0.25, 0.3) is 0 Å². The number of nitrogens with zero attached hydrogens (tertiary/aromatic N) is 2. The quantitative estimate of drug-likeness (QED) is 0.831. The molecule has 0 saturated carbocycles. The first-order chi connectivity index (χ1) is 8.86. The number of carbonyl (C=O) groups excluding carboxylic acids is 1. The number of carbonyl (C=O) groups is 1. The van der Waals surface area contributed by atoms with E-state index >= 15 is 0 Å². The molecule has 19 heavy (non-hydrogen) atoms. The number of rotatable bonds is 5. The molecule has 0 saturated heterocycles. The third-order valence-corrected chi connectivity index (χ3v) is 3.27. The number of aryl methyl sites for hydroxylation is 1. The van der Waals surface area contributed by atoms with Crippen molar-refractivity contribution < 1.29 is 4.79 Å². The van der Waals surface area contributed by atoms with Crippen LogP contribution in [-0.2, 0) is 4.79 Å². The molecule has 0 aliphatic rings. The molecule has 0 radical (unpaired) electrons. The van der Waals surface area contributed by atoms with Gasteiger partial charge in [-0.1, -0.05) is 12.2 Å². The molecule has 104 valence electrons. The molecule has 1 aromatic rings. The van der Waals surface area contributed by atoms with E-state index < -0.39 is 0 Å². The van der Waals surface area contributed by atoms with Gasteiger partial charge >= 0.3 is 0 Å². The van der Waals surface area contributed by atoms with E-state index in [9.17, 15) is 4.79 Å². The van der Waals surface area contributed by atoms with Crippen LogP contribution >= 0.6 is 12.2 Å². The second-order valence-corrected chi connectivity index (χ2v) is 5.11. The first-order valence-corrected chi connectivity index (χ1v) is 6.63. The van der Waals surface area contributed by atoms with Gasteiger partial charge in [-0.25, -0.2) is 0 Å². The minimum absolute atomic E-state index is 0.0814. The van der Waals surface area contributed by atoms with Crippen LogP contribution in [0.2, 0.25) is 0 Å². The maximum absolute atomic E-state index is 11.8. The largest absolute Gasteiger partial charge is 0.389 e. The Labute approximate surface area is 120 Å². The number of hydrogen-bond donors (Lipinski definition) is 1. The van der Waals surface area contributed by atoms with E-state index in [0.717, 1.165) is 23.4 Å². The van der Waals surface area contributed by atoms with Gasteiger partial charge < -0.3 is 15.5 Å². The lowest BCUT2D eigenvalue weighted by Crippen LogP contribution is -2.36. The summed E-state index contributed by atoms with van der Waals surface area (Å²) in [5, 5.41) is 0. The second-order valence-electron chi connectivity index (χ2n) is 4.67. The summed E-state index contributed by atoms with van der Waals surface area (Å²) < 4.78 is 0. The summed E-state index contributed by atoms with van der Waals surface area (Å²) >= 11 is 4.99. The Kier molecular flexibility index (Phi) is 5.30. The van der Waals surface area contributed by atoms with Crippen molar-refractivity contribution in [2.24, 2.45) is 5.73 Å². The highest BCUT2D eigenvalue weighted by molar-refractivity contribution is 7.80. The van der Waals surface area contributed by atoms with E-state index in [1.54, 1.807) is 19.0 Å². The Morgan fingerprint density at radius 2 is 2.00 bits per heavy atom. The summed E-state index contributed by atoms with van der Waals surface area (Å²) in [5.74, 6) is 0.0814. The Bertz CT molecular complexity index is 486. The number of nitrogens with two attached hydrogens (primary N) is 1. The maximum Gasteiger partial charge on any atom is 0.241 e. The first-order valence-electron chi connectivity index (χ1n) is 6.22. The molecule has 0 atom stereocenters. The Hall–Kier alpha value is -1.62. The van der Waals surface area contributed by atoms with Gasteiger partial charge in [-0.05, 0) is 37.6 Å². The van der Waals surface area contributed by atoms with Crippen LogP contribution in [0.1, 0.15) is 18.1 Å². The van der Waals surface area contributed by atoms with Gasteiger partial charge in [0.15, 0.2) is 0 Å². The van der Waals surface area contributed by atoms with Gasteiger partial charge in [-0.3, -0.25) is 4.79 Å². The molecule has 1 rings (SSSR count). The van der Waals surface area contributed by atoms with Crippen molar-refractivity contribution in [2.75, 3.05) is 32.1 Å². The zero-order chi connectivity index (χ0) is 14.6. The summed E-state index contributed by atoms with van der Waals surface area (Å²) in [6.07, 6.45) is 0. The molecule has 0 bridgehead atoms. The van der Waals surface area contributed by atoms with Crippen molar-refractivity contribution in [1.29, 1.82) is 0 Å². The van der Waals surface area contributed by atoms with Crippen molar-refractivity contribution in [3.63, 3.8) is 0 Å². The number of anilines is 1. The van der Waals surface area contributed by atoms with Gasteiger partial charge in [0.25, 0.3) is 0 Å². The monoisotopic (exact) mass is 279 g/mol. The van der Waals surface area contributed by atoms with E-state index in [2.05, 4.69) is 0 Å². The van der Waals surface area contributed by atoms with E-state index in [4.69, 9.17) is 18.0 Å². The molecule has 0 aliphatic heterocycles. The fourth-order valence-corrected chi connectivity index (χ4v) is 2.04. The molecule has 4 nitrogen and oxygen atoms in total. The number of thiocarbonyl (C=S) groups is 1. The third kappa shape index (κ3) is 3.92. The van der Waals surface area contributed by atoms with Gasteiger partial charge in [0.05, 0.1) is 6.54 Å². The van der Waals surface area contributed by atoms with E-state index in [-0.39, 0.29) is 5.91 Å². The van der Waals surface area contributed by atoms with Crippen molar-refractivity contribution in [3.8, 4) is 0 Å². The lowest BCUT2D eigenvalue weighted by Gasteiger charge is -2.25. The summed E-state index contributed by atoms with van der Waals surface area (Å²) in [6.45, 7) is 5.14.